The number of H-pyrrole nitrogens is 1. The SMILES string of the molecule is Cc1c[nH]c2ncc(C#N)cc12. The molecule has 2 heterocycles. The van der Waals surface area contributed by atoms with Crippen LogP contribution in [0, 0.1) is 18.3 Å². The van der Waals surface area contributed by atoms with Crippen molar-refractivity contribution in [2.75, 3.05) is 0 Å². The lowest BCUT2D eigenvalue weighted by Gasteiger charge is -1.90. The third kappa shape index (κ3) is 0.857. The maximum absolute atomic E-state index is 8.63. The molecular formula is C9H7N3. The van der Waals surface area contributed by atoms with Crippen LogP contribution < -0.4 is 0 Å². The number of hydrogen-bond acceptors (Lipinski definition) is 2. The van der Waals surface area contributed by atoms with Crippen LogP contribution in [0.25, 0.3) is 11.0 Å². The predicted molar refractivity (Wildman–Crippen MR) is 45.5 cm³/mol. The molecule has 12 heavy (non-hydrogen) atoms. The van der Waals surface area contributed by atoms with Crippen molar-refractivity contribution in [3.05, 3.63) is 29.6 Å². The van der Waals surface area contributed by atoms with Crippen LogP contribution in [-0.4, -0.2) is 9.97 Å². The molecule has 2 aromatic heterocycles. The minimum atomic E-state index is 0.602. The Balaban J connectivity index is 2.82. The minimum Gasteiger partial charge on any atom is -0.346 e. The first-order valence-electron chi connectivity index (χ1n) is 3.65. The molecule has 0 aromatic carbocycles. The van der Waals surface area contributed by atoms with Gasteiger partial charge >= 0.3 is 0 Å². The monoisotopic (exact) mass is 157 g/mol. The van der Waals surface area contributed by atoms with E-state index in [0.717, 1.165) is 16.6 Å². The van der Waals surface area contributed by atoms with Gasteiger partial charge in [0.15, 0.2) is 0 Å². The Hall–Kier alpha value is -1.82. The van der Waals surface area contributed by atoms with Gasteiger partial charge in [-0.15, -0.1) is 0 Å². The summed E-state index contributed by atoms with van der Waals surface area (Å²) in [6, 6.07) is 3.90. The highest BCUT2D eigenvalue weighted by atomic mass is 14.8. The second kappa shape index (κ2) is 2.35. The van der Waals surface area contributed by atoms with Crippen LogP contribution in [0.1, 0.15) is 11.1 Å². The van der Waals surface area contributed by atoms with Gasteiger partial charge in [-0.1, -0.05) is 0 Å². The van der Waals surface area contributed by atoms with Crippen LogP contribution in [0.3, 0.4) is 0 Å². The summed E-state index contributed by atoms with van der Waals surface area (Å²) >= 11 is 0. The number of aromatic nitrogens is 2. The van der Waals surface area contributed by atoms with Crippen LogP contribution in [0.4, 0.5) is 0 Å². The Bertz CT molecular complexity index is 462. The number of nitrogens with one attached hydrogen (secondary N) is 1. The number of fused-ring (bicyclic) bond motifs is 1. The van der Waals surface area contributed by atoms with Crippen LogP contribution in [0.5, 0.6) is 0 Å². The van der Waals surface area contributed by atoms with Gasteiger partial charge in [-0.3, -0.25) is 0 Å². The highest BCUT2D eigenvalue weighted by molar-refractivity contribution is 5.80. The Morgan fingerprint density at radius 2 is 2.42 bits per heavy atom. The first-order valence-corrected chi connectivity index (χ1v) is 3.65. The minimum absolute atomic E-state index is 0.602. The van der Waals surface area contributed by atoms with Gasteiger partial charge in [0, 0.05) is 17.8 Å². The number of aromatic amines is 1. The Morgan fingerprint density at radius 3 is 3.17 bits per heavy atom. The number of pyridine rings is 1. The molecule has 0 saturated carbocycles. The van der Waals surface area contributed by atoms with Gasteiger partial charge in [-0.25, -0.2) is 4.98 Å². The summed E-state index contributed by atoms with van der Waals surface area (Å²) in [5, 5.41) is 9.65. The van der Waals surface area contributed by atoms with Crippen molar-refractivity contribution in [1.29, 1.82) is 5.26 Å². The van der Waals surface area contributed by atoms with Crippen molar-refractivity contribution in [2.45, 2.75) is 6.92 Å². The summed E-state index contributed by atoms with van der Waals surface area (Å²) in [6.45, 7) is 1.99. The molecule has 0 saturated heterocycles. The van der Waals surface area contributed by atoms with E-state index in [-0.39, 0.29) is 0 Å². The van der Waals surface area contributed by atoms with Gasteiger partial charge in [-0.05, 0) is 18.6 Å². The number of nitrogens with zero attached hydrogens (tertiary/aromatic N) is 2. The molecule has 0 aliphatic carbocycles. The second-order valence-electron chi connectivity index (χ2n) is 2.70. The molecule has 0 aliphatic rings. The quantitative estimate of drug-likeness (QED) is 0.633. The molecule has 0 fully saturated rings. The van der Waals surface area contributed by atoms with Crippen LogP contribution in [0.2, 0.25) is 0 Å². The summed E-state index contributed by atoms with van der Waals surface area (Å²) in [5.41, 5.74) is 2.56. The van der Waals surface area contributed by atoms with Crippen molar-refractivity contribution < 1.29 is 0 Å². The number of aryl methyl sites for hydroxylation is 1. The summed E-state index contributed by atoms with van der Waals surface area (Å²) in [5.74, 6) is 0. The first-order chi connectivity index (χ1) is 5.81. The Kier molecular flexibility index (Phi) is 1.34. The standard InChI is InChI=1S/C9H7N3/c1-6-4-11-9-8(6)2-7(3-10)5-12-9/h2,4-5H,1H3,(H,11,12). The molecule has 58 valence electrons. The van der Waals surface area contributed by atoms with Crippen molar-refractivity contribution in [3.63, 3.8) is 0 Å². The summed E-state index contributed by atoms with van der Waals surface area (Å²) < 4.78 is 0. The van der Waals surface area contributed by atoms with Crippen LogP contribution >= 0.6 is 0 Å². The molecule has 0 unspecified atom stereocenters. The van der Waals surface area contributed by atoms with E-state index >= 15 is 0 Å². The summed E-state index contributed by atoms with van der Waals surface area (Å²) in [7, 11) is 0. The zero-order chi connectivity index (χ0) is 8.55. The average Bonchev–Trinajstić information content (AvgIpc) is 2.47. The normalized spacial score (nSPS) is 10.0. The topological polar surface area (TPSA) is 52.5 Å². The maximum Gasteiger partial charge on any atom is 0.137 e. The predicted octanol–water partition coefficient (Wildman–Crippen LogP) is 1.74. The lowest BCUT2D eigenvalue weighted by Crippen LogP contribution is -1.79. The van der Waals surface area contributed by atoms with Gasteiger partial charge in [0.05, 0.1) is 5.56 Å². The van der Waals surface area contributed by atoms with Gasteiger partial charge in [0.25, 0.3) is 0 Å². The lowest BCUT2D eigenvalue weighted by atomic mass is 10.2. The third-order valence-electron chi connectivity index (χ3n) is 1.87. The Labute approximate surface area is 69.7 Å². The van der Waals surface area contributed by atoms with Crippen molar-refractivity contribution in [3.8, 4) is 6.07 Å². The van der Waals surface area contributed by atoms with Crippen molar-refractivity contribution >= 4 is 11.0 Å². The highest BCUT2D eigenvalue weighted by Gasteiger charge is 2.00. The second-order valence-corrected chi connectivity index (χ2v) is 2.70. The molecule has 2 rings (SSSR count). The van der Waals surface area contributed by atoms with Gasteiger partial charge in [0.2, 0.25) is 0 Å². The van der Waals surface area contributed by atoms with E-state index in [9.17, 15) is 0 Å². The summed E-state index contributed by atoms with van der Waals surface area (Å²) in [4.78, 5) is 7.11. The van der Waals surface area contributed by atoms with E-state index in [0.29, 0.717) is 5.56 Å². The molecule has 0 spiro atoms. The first kappa shape index (κ1) is 6.86. The number of hydrogen-bond donors (Lipinski definition) is 1. The smallest absolute Gasteiger partial charge is 0.137 e. The van der Waals surface area contributed by atoms with E-state index < -0.39 is 0 Å². The van der Waals surface area contributed by atoms with E-state index in [2.05, 4.69) is 16.0 Å². The molecule has 0 aliphatic heterocycles. The van der Waals surface area contributed by atoms with Crippen LogP contribution in [0.15, 0.2) is 18.5 Å². The fourth-order valence-corrected chi connectivity index (χ4v) is 1.20. The molecule has 3 nitrogen and oxygen atoms in total. The van der Waals surface area contributed by atoms with E-state index in [1.54, 1.807) is 6.20 Å². The Morgan fingerprint density at radius 1 is 1.58 bits per heavy atom. The average molecular weight is 157 g/mol. The molecule has 0 amide bonds. The molecular weight excluding hydrogens is 150 g/mol. The number of rotatable bonds is 0. The van der Waals surface area contributed by atoms with Gasteiger partial charge in [-0.2, -0.15) is 5.26 Å². The van der Waals surface area contributed by atoms with Gasteiger partial charge in [0.1, 0.15) is 11.7 Å². The molecule has 0 atom stereocenters. The fraction of sp³-hybridized carbons (Fsp3) is 0.111. The van der Waals surface area contributed by atoms with Crippen molar-refractivity contribution in [2.24, 2.45) is 0 Å². The van der Waals surface area contributed by atoms with E-state index in [4.69, 9.17) is 5.26 Å². The zero-order valence-corrected chi connectivity index (χ0v) is 6.63. The molecule has 0 radical (unpaired) electrons. The maximum atomic E-state index is 8.63. The molecule has 2 aromatic rings. The highest BCUT2D eigenvalue weighted by Crippen LogP contribution is 2.15. The largest absolute Gasteiger partial charge is 0.346 e. The van der Waals surface area contributed by atoms with E-state index in [1.165, 1.54) is 0 Å². The van der Waals surface area contributed by atoms with E-state index in [1.807, 2.05) is 19.2 Å². The molecule has 0 bridgehead atoms. The molecule has 3 heteroatoms. The van der Waals surface area contributed by atoms with Crippen molar-refractivity contribution in [1.82, 2.24) is 9.97 Å². The summed E-state index contributed by atoms with van der Waals surface area (Å²) in [6.07, 6.45) is 3.46. The van der Waals surface area contributed by atoms with Gasteiger partial charge < -0.3 is 4.98 Å². The van der Waals surface area contributed by atoms with Crippen LogP contribution in [-0.2, 0) is 0 Å². The zero-order valence-electron chi connectivity index (χ0n) is 6.63. The fourth-order valence-electron chi connectivity index (χ4n) is 1.20. The lowest BCUT2D eigenvalue weighted by molar-refractivity contribution is 1.31. The number of nitriles is 1. The molecule has 1 N–H and O–H groups in total. The third-order valence-corrected chi connectivity index (χ3v) is 1.87.